The SMILES string of the molecule is CC(C)(C)CCCCC(C(C)(C)C)S(=O)(=O)O.CC(C)(C)CCCCCC(=O)NCc1cn(CCCC(C)(C)C)nn1.CC(C)(C)CCCCCC(=O)NCc1cn(CCOCCC(C)(C)C)nn1.CC(C)(C)CCCCCC(C)(C)C. The summed E-state index contributed by atoms with van der Waals surface area (Å²) in [6.07, 6.45) is 27.6. The summed E-state index contributed by atoms with van der Waals surface area (Å²) in [5.41, 5.74) is 3.97. The Kier molecular flexibility index (Phi) is 38.6. The molecule has 82 heavy (non-hydrogen) atoms. The van der Waals surface area contributed by atoms with Crippen molar-refractivity contribution in [1.29, 1.82) is 0 Å². The van der Waals surface area contributed by atoms with Gasteiger partial charge in [0.15, 0.2) is 0 Å². The maximum atomic E-state index is 11.9. The van der Waals surface area contributed by atoms with E-state index < -0.39 is 20.8 Å². The van der Waals surface area contributed by atoms with Crippen LogP contribution in [0.5, 0.6) is 0 Å². The second kappa shape index (κ2) is 39.0. The van der Waals surface area contributed by atoms with Crippen LogP contribution in [0.3, 0.4) is 0 Å². The molecule has 0 aliphatic carbocycles. The van der Waals surface area contributed by atoms with Crippen molar-refractivity contribution < 1.29 is 27.3 Å². The Balaban J connectivity index is 0. The first kappa shape index (κ1) is 81.2. The fraction of sp³-hybridized carbons (Fsp3) is 0.910. The molecular weight excluding hydrogens is 1040 g/mol. The first-order chi connectivity index (χ1) is 37.1. The first-order valence-electron chi connectivity index (χ1n) is 32.0. The lowest BCUT2D eigenvalue weighted by molar-refractivity contribution is -0.122. The first-order valence-corrected chi connectivity index (χ1v) is 33.5. The molecular formula is C67H134N8O6S. The molecule has 15 heteroatoms. The van der Waals surface area contributed by atoms with E-state index in [-0.39, 0.29) is 17.2 Å². The van der Waals surface area contributed by atoms with Gasteiger partial charge in [-0.3, -0.25) is 18.8 Å². The molecule has 2 aromatic rings. The topological polar surface area (TPSA) is 183 Å². The maximum Gasteiger partial charge on any atom is 0.268 e. The number of nitrogens with zero attached hydrogens (tertiary/aromatic N) is 6. The number of aryl methyl sites for hydroxylation is 1. The van der Waals surface area contributed by atoms with Crippen LogP contribution >= 0.6 is 0 Å². The number of carbonyl (C=O) groups excluding carboxylic acids is 2. The summed E-state index contributed by atoms with van der Waals surface area (Å²) in [6, 6.07) is 0. The molecule has 0 bridgehead atoms. The fourth-order valence-electron chi connectivity index (χ4n) is 8.76. The van der Waals surface area contributed by atoms with Gasteiger partial charge in [0.05, 0.1) is 43.9 Å². The number of unbranched alkanes of at least 4 members (excludes halogenated alkanes) is 7. The van der Waals surface area contributed by atoms with Gasteiger partial charge >= 0.3 is 0 Å². The van der Waals surface area contributed by atoms with E-state index in [0.717, 1.165) is 88.7 Å². The number of nitrogens with one attached hydrogen (secondary N) is 2. The molecule has 1 unspecified atom stereocenters. The van der Waals surface area contributed by atoms with Gasteiger partial charge in [0, 0.05) is 26.0 Å². The van der Waals surface area contributed by atoms with Crippen LogP contribution in [0.25, 0.3) is 0 Å². The molecule has 0 saturated heterocycles. The molecule has 2 amide bonds. The van der Waals surface area contributed by atoms with E-state index >= 15 is 0 Å². The second-order valence-corrected chi connectivity index (χ2v) is 34.8. The standard InChI is InChI=1S/C21H40N4O2.C20H38N4O.C13H28O3S.C13H28/c1-20(2,3)11-9-7-8-10-19(26)22-16-18-17-25(24-23-18)13-15-27-14-12-21(4,5)6;1-19(2,3)12-9-7-8-11-18(25)21-15-17-16-24(23-22-17)14-10-13-20(4,5)6;1-12(2,3)10-8-7-9-11(13(4,5)6)17(14,15)16;1-12(2,3)10-8-7-9-11-13(4,5)6/h17H,7-16H2,1-6H3,(H,22,26);16H,7-15H2,1-6H3,(H,21,25);11H,7-10H2,1-6H3,(H,14,15,16);7-11H2,1-6H3. The van der Waals surface area contributed by atoms with E-state index in [1.807, 2.05) is 37.8 Å². The third-order valence-corrected chi connectivity index (χ3v) is 15.5. The summed E-state index contributed by atoms with van der Waals surface area (Å²) >= 11 is 0. The van der Waals surface area contributed by atoms with E-state index in [1.165, 1.54) is 57.8 Å². The van der Waals surface area contributed by atoms with Crippen LogP contribution in [-0.2, 0) is 50.6 Å². The van der Waals surface area contributed by atoms with Crippen molar-refractivity contribution in [2.24, 2.45) is 43.3 Å². The van der Waals surface area contributed by atoms with Gasteiger partial charge in [0.2, 0.25) is 11.8 Å². The molecule has 0 aliphatic rings. The van der Waals surface area contributed by atoms with Crippen LogP contribution in [0, 0.1) is 43.3 Å². The highest BCUT2D eigenvalue weighted by molar-refractivity contribution is 7.86. The Hall–Kier alpha value is -2.91. The summed E-state index contributed by atoms with van der Waals surface area (Å²) in [4.78, 5) is 23.8. The Bertz CT molecular complexity index is 2040. The van der Waals surface area contributed by atoms with Crippen LogP contribution in [0.1, 0.15) is 319 Å². The smallest absolute Gasteiger partial charge is 0.268 e. The molecule has 0 radical (unpaired) electrons. The van der Waals surface area contributed by atoms with Gasteiger partial charge in [0.1, 0.15) is 11.4 Å². The number of ether oxygens (including phenoxy) is 1. The van der Waals surface area contributed by atoms with Gasteiger partial charge < -0.3 is 15.4 Å². The number of amides is 2. The Morgan fingerprint density at radius 2 is 0.768 bits per heavy atom. The molecule has 3 N–H and O–H groups in total. The molecule has 0 saturated carbocycles. The monoisotopic (exact) mass is 1180 g/mol. The van der Waals surface area contributed by atoms with Crippen LogP contribution in [0.4, 0.5) is 0 Å². The molecule has 14 nitrogen and oxygen atoms in total. The zero-order chi connectivity index (χ0) is 63.7. The van der Waals surface area contributed by atoms with E-state index in [2.05, 4.69) is 177 Å². The van der Waals surface area contributed by atoms with Crippen LogP contribution in [0.15, 0.2) is 12.4 Å². The normalized spacial score (nSPS) is 13.3. The summed E-state index contributed by atoms with van der Waals surface area (Å²) in [5, 5.41) is 21.7. The van der Waals surface area contributed by atoms with Gasteiger partial charge in [-0.2, -0.15) is 8.42 Å². The highest BCUT2D eigenvalue weighted by atomic mass is 32.2. The van der Waals surface area contributed by atoms with Gasteiger partial charge in [-0.1, -0.05) is 234 Å². The van der Waals surface area contributed by atoms with E-state index in [1.54, 1.807) is 4.68 Å². The molecule has 0 aromatic carbocycles. The van der Waals surface area contributed by atoms with Gasteiger partial charge in [0.25, 0.3) is 10.1 Å². The lowest BCUT2D eigenvalue weighted by Gasteiger charge is -2.28. The average Bonchev–Trinajstić information content (AvgIpc) is 3.93. The van der Waals surface area contributed by atoms with E-state index in [0.29, 0.717) is 78.0 Å². The van der Waals surface area contributed by atoms with Gasteiger partial charge in [-0.15, -0.1) is 10.2 Å². The quantitative estimate of drug-likeness (QED) is 0.0485. The second-order valence-electron chi connectivity index (χ2n) is 33.2. The molecule has 1 atom stereocenters. The number of hydrogen-bond donors (Lipinski definition) is 3. The lowest BCUT2D eigenvalue weighted by atomic mass is 9.86. The maximum absolute atomic E-state index is 11.9. The van der Waals surface area contributed by atoms with Crippen LogP contribution < -0.4 is 10.6 Å². The summed E-state index contributed by atoms with van der Waals surface area (Å²) in [5.74, 6) is 0.198. The molecule has 0 spiro atoms. The Morgan fingerprint density at radius 3 is 1.10 bits per heavy atom. The van der Waals surface area contributed by atoms with Gasteiger partial charge in [-0.05, 0) is 114 Å². The molecule has 0 aliphatic heterocycles. The van der Waals surface area contributed by atoms with E-state index in [4.69, 9.17) is 4.74 Å². The predicted octanol–water partition coefficient (Wildman–Crippen LogP) is 18.0. The minimum atomic E-state index is -3.94. The minimum absolute atomic E-state index is 0.0887. The van der Waals surface area contributed by atoms with Crippen molar-refractivity contribution in [1.82, 2.24) is 40.6 Å². The number of aromatic nitrogens is 6. The van der Waals surface area contributed by atoms with Crippen molar-refractivity contribution >= 4 is 21.9 Å². The summed E-state index contributed by atoms with van der Waals surface area (Å²) < 4.78 is 41.2. The van der Waals surface area contributed by atoms with E-state index in [9.17, 15) is 22.6 Å². The molecule has 2 rings (SSSR count). The molecule has 2 heterocycles. The highest BCUT2D eigenvalue weighted by Gasteiger charge is 2.34. The summed E-state index contributed by atoms with van der Waals surface area (Å²) in [6.45, 7) is 56.9. The van der Waals surface area contributed by atoms with Gasteiger partial charge in [-0.25, -0.2) is 4.68 Å². The number of rotatable bonds is 31. The third kappa shape index (κ3) is 56.2. The lowest BCUT2D eigenvalue weighted by Crippen LogP contribution is -2.34. The molecule has 2 aromatic heterocycles. The zero-order valence-electron chi connectivity index (χ0n) is 58.1. The number of hydrogen-bond acceptors (Lipinski definition) is 9. The predicted molar refractivity (Wildman–Crippen MR) is 347 cm³/mol. The van der Waals surface area contributed by atoms with Crippen molar-refractivity contribution in [2.45, 2.75) is 339 Å². The van der Waals surface area contributed by atoms with Crippen molar-refractivity contribution in [3.8, 4) is 0 Å². The van der Waals surface area contributed by atoms with Crippen LogP contribution in [0.2, 0.25) is 0 Å². The van der Waals surface area contributed by atoms with Crippen LogP contribution in [-0.4, -0.2) is 73.2 Å². The third-order valence-electron chi connectivity index (χ3n) is 13.9. The Labute approximate surface area is 506 Å². The highest BCUT2D eigenvalue weighted by Crippen LogP contribution is 2.31. The average molecular weight is 1180 g/mol. The minimum Gasteiger partial charge on any atom is -0.380 e. The molecule has 484 valence electrons. The largest absolute Gasteiger partial charge is 0.380 e. The van der Waals surface area contributed by atoms with Crippen molar-refractivity contribution in [3.63, 3.8) is 0 Å². The summed E-state index contributed by atoms with van der Waals surface area (Å²) in [7, 11) is -3.94. The zero-order valence-corrected chi connectivity index (χ0v) is 58.9. The van der Waals surface area contributed by atoms with Crippen molar-refractivity contribution in [3.05, 3.63) is 23.8 Å². The Morgan fingerprint density at radius 1 is 0.451 bits per heavy atom. The number of carbonyl (C=O) groups is 2. The molecule has 0 fully saturated rings. The fourth-order valence-corrected chi connectivity index (χ4v) is 10.1. The van der Waals surface area contributed by atoms with Crippen molar-refractivity contribution in [2.75, 3.05) is 13.2 Å².